The van der Waals surface area contributed by atoms with Gasteiger partial charge in [0.25, 0.3) is 0 Å². The fourth-order valence-corrected chi connectivity index (χ4v) is 2.43. The Labute approximate surface area is 114 Å². The summed E-state index contributed by atoms with van der Waals surface area (Å²) in [6, 6.07) is 0.699. The van der Waals surface area contributed by atoms with Crippen molar-refractivity contribution in [3.05, 3.63) is 18.1 Å². The van der Waals surface area contributed by atoms with Crippen LogP contribution in [0.4, 0.5) is 5.82 Å². The smallest absolute Gasteiger partial charge is 0.148 e. The standard InChI is InChI=1S/C14H22N4O/c1-14(2)10-19-6-5-18(14)13-9-15-7-12(17-13)8-16-11-3-4-11/h7,9,11,16H,3-6,8,10H2,1-2H3. The van der Waals surface area contributed by atoms with Gasteiger partial charge in [0.05, 0.1) is 30.6 Å². The number of hydrogen-bond donors (Lipinski definition) is 1. The molecule has 1 aromatic heterocycles. The maximum Gasteiger partial charge on any atom is 0.148 e. The van der Waals surface area contributed by atoms with Gasteiger partial charge in [0.1, 0.15) is 5.82 Å². The third-order valence-corrected chi connectivity index (χ3v) is 3.74. The molecule has 2 fully saturated rings. The van der Waals surface area contributed by atoms with E-state index in [4.69, 9.17) is 9.72 Å². The van der Waals surface area contributed by atoms with Crippen LogP contribution >= 0.6 is 0 Å². The van der Waals surface area contributed by atoms with E-state index >= 15 is 0 Å². The fourth-order valence-electron chi connectivity index (χ4n) is 2.43. The number of nitrogens with zero attached hydrogens (tertiary/aromatic N) is 3. The Morgan fingerprint density at radius 2 is 2.26 bits per heavy atom. The van der Waals surface area contributed by atoms with Crippen LogP contribution in [-0.2, 0) is 11.3 Å². The van der Waals surface area contributed by atoms with Crippen molar-refractivity contribution in [3.63, 3.8) is 0 Å². The van der Waals surface area contributed by atoms with Crippen molar-refractivity contribution in [1.82, 2.24) is 15.3 Å². The summed E-state index contributed by atoms with van der Waals surface area (Å²) in [4.78, 5) is 11.4. The lowest BCUT2D eigenvalue weighted by Crippen LogP contribution is -2.53. The lowest BCUT2D eigenvalue weighted by molar-refractivity contribution is 0.0638. The van der Waals surface area contributed by atoms with E-state index in [9.17, 15) is 0 Å². The SMILES string of the molecule is CC1(C)COCCN1c1cncc(CNC2CC2)n1. The summed E-state index contributed by atoms with van der Waals surface area (Å²) in [5.74, 6) is 0.961. The molecule has 1 saturated heterocycles. The quantitative estimate of drug-likeness (QED) is 0.887. The summed E-state index contributed by atoms with van der Waals surface area (Å²) < 4.78 is 5.55. The number of anilines is 1. The molecule has 0 radical (unpaired) electrons. The van der Waals surface area contributed by atoms with Crippen molar-refractivity contribution in [3.8, 4) is 0 Å². The lowest BCUT2D eigenvalue weighted by atomic mass is 10.0. The summed E-state index contributed by atoms with van der Waals surface area (Å²) in [7, 11) is 0. The highest BCUT2D eigenvalue weighted by atomic mass is 16.5. The second-order valence-corrected chi connectivity index (χ2v) is 6.04. The number of nitrogens with one attached hydrogen (secondary N) is 1. The van der Waals surface area contributed by atoms with Crippen molar-refractivity contribution < 1.29 is 4.74 Å². The van der Waals surface area contributed by atoms with Gasteiger partial charge in [0.15, 0.2) is 0 Å². The molecule has 1 aromatic rings. The predicted molar refractivity (Wildman–Crippen MR) is 74.1 cm³/mol. The first-order valence-corrected chi connectivity index (χ1v) is 7.05. The Balaban J connectivity index is 1.73. The molecule has 19 heavy (non-hydrogen) atoms. The van der Waals surface area contributed by atoms with Crippen LogP contribution in [0.2, 0.25) is 0 Å². The van der Waals surface area contributed by atoms with Gasteiger partial charge in [-0.3, -0.25) is 4.98 Å². The van der Waals surface area contributed by atoms with Gasteiger partial charge in [-0.1, -0.05) is 0 Å². The van der Waals surface area contributed by atoms with Gasteiger partial charge in [-0.25, -0.2) is 4.98 Å². The Morgan fingerprint density at radius 1 is 1.42 bits per heavy atom. The molecule has 2 aliphatic rings. The van der Waals surface area contributed by atoms with Gasteiger partial charge in [-0.15, -0.1) is 0 Å². The number of ether oxygens (including phenoxy) is 1. The first-order valence-electron chi connectivity index (χ1n) is 7.05. The predicted octanol–water partition coefficient (Wildman–Crippen LogP) is 1.34. The van der Waals surface area contributed by atoms with Crippen LogP contribution in [0.5, 0.6) is 0 Å². The Morgan fingerprint density at radius 3 is 3.00 bits per heavy atom. The molecule has 0 amide bonds. The van der Waals surface area contributed by atoms with E-state index < -0.39 is 0 Å². The van der Waals surface area contributed by atoms with Gasteiger partial charge in [-0.05, 0) is 26.7 Å². The van der Waals surface area contributed by atoms with Crippen LogP contribution in [0.1, 0.15) is 32.4 Å². The van der Waals surface area contributed by atoms with Crippen molar-refractivity contribution in [2.24, 2.45) is 0 Å². The van der Waals surface area contributed by atoms with Crippen LogP contribution in [0.25, 0.3) is 0 Å². The molecular formula is C14H22N4O. The van der Waals surface area contributed by atoms with E-state index in [2.05, 4.69) is 29.0 Å². The van der Waals surface area contributed by atoms with Crippen LogP contribution in [0, 0.1) is 0 Å². The number of hydrogen-bond acceptors (Lipinski definition) is 5. The molecule has 5 nitrogen and oxygen atoms in total. The largest absolute Gasteiger partial charge is 0.377 e. The maximum absolute atomic E-state index is 5.55. The van der Waals surface area contributed by atoms with E-state index in [1.807, 2.05) is 12.4 Å². The Bertz CT molecular complexity index is 445. The third-order valence-electron chi connectivity index (χ3n) is 3.74. The molecule has 2 heterocycles. The van der Waals surface area contributed by atoms with E-state index in [1.165, 1.54) is 12.8 Å². The molecule has 104 valence electrons. The van der Waals surface area contributed by atoms with E-state index in [1.54, 1.807) is 0 Å². The van der Waals surface area contributed by atoms with Crippen LogP contribution in [0.15, 0.2) is 12.4 Å². The minimum atomic E-state index is -0.0184. The summed E-state index contributed by atoms with van der Waals surface area (Å²) >= 11 is 0. The van der Waals surface area contributed by atoms with E-state index in [0.29, 0.717) is 6.04 Å². The van der Waals surface area contributed by atoms with Crippen LogP contribution in [0.3, 0.4) is 0 Å². The second kappa shape index (κ2) is 5.06. The molecule has 0 aromatic carbocycles. The number of aromatic nitrogens is 2. The van der Waals surface area contributed by atoms with Crippen LogP contribution < -0.4 is 10.2 Å². The summed E-state index contributed by atoms with van der Waals surface area (Å²) in [5.41, 5.74) is 1.00. The van der Waals surface area contributed by atoms with Gasteiger partial charge in [0, 0.05) is 25.3 Å². The van der Waals surface area contributed by atoms with Crippen molar-refractivity contribution in [2.45, 2.75) is 44.8 Å². The topological polar surface area (TPSA) is 50.3 Å². The highest BCUT2D eigenvalue weighted by Gasteiger charge is 2.31. The number of morpholine rings is 1. The zero-order valence-corrected chi connectivity index (χ0v) is 11.7. The second-order valence-electron chi connectivity index (χ2n) is 6.04. The maximum atomic E-state index is 5.55. The van der Waals surface area contributed by atoms with Crippen LogP contribution in [-0.4, -0.2) is 41.3 Å². The molecule has 1 N–H and O–H groups in total. The van der Waals surface area contributed by atoms with Gasteiger partial charge in [-0.2, -0.15) is 0 Å². The van der Waals surface area contributed by atoms with Crippen molar-refractivity contribution in [1.29, 1.82) is 0 Å². The normalized spacial score (nSPS) is 22.5. The van der Waals surface area contributed by atoms with Crippen molar-refractivity contribution >= 4 is 5.82 Å². The molecule has 0 spiro atoms. The monoisotopic (exact) mass is 262 g/mol. The molecule has 3 rings (SSSR count). The lowest BCUT2D eigenvalue weighted by Gasteiger charge is -2.42. The zero-order valence-electron chi connectivity index (χ0n) is 11.7. The number of rotatable bonds is 4. The average molecular weight is 262 g/mol. The van der Waals surface area contributed by atoms with E-state index in [0.717, 1.165) is 37.8 Å². The first kappa shape index (κ1) is 12.8. The minimum Gasteiger partial charge on any atom is -0.377 e. The molecule has 0 atom stereocenters. The Kier molecular flexibility index (Phi) is 3.41. The van der Waals surface area contributed by atoms with E-state index in [-0.39, 0.29) is 5.54 Å². The third kappa shape index (κ3) is 3.04. The summed E-state index contributed by atoms with van der Waals surface area (Å²) in [6.45, 7) is 7.55. The summed E-state index contributed by atoms with van der Waals surface area (Å²) in [6.07, 6.45) is 6.30. The molecule has 1 saturated carbocycles. The van der Waals surface area contributed by atoms with Gasteiger partial charge < -0.3 is 15.0 Å². The molecule has 1 aliphatic heterocycles. The molecule has 0 bridgehead atoms. The van der Waals surface area contributed by atoms with Crippen molar-refractivity contribution in [2.75, 3.05) is 24.7 Å². The highest BCUT2D eigenvalue weighted by molar-refractivity contribution is 5.40. The molecular weight excluding hydrogens is 240 g/mol. The van der Waals surface area contributed by atoms with Gasteiger partial charge >= 0.3 is 0 Å². The molecule has 5 heteroatoms. The summed E-state index contributed by atoms with van der Waals surface area (Å²) in [5, 5.41) is 3.48. The fraction of sp³-hybridized carbons (Fsp3) is 0.714. The molecule has 0 unspecified atom stereocenters. The average Bonchev–Trinajstić information content (AvgIpc) is 3.20. The minimum absolute atomic E-state index is 0.0184. The Hall–Kier alpha value is -1.20. The van der Waals surface area contributed by atoms with Gasteiger partial charge in [0.2, 0.25) is 0 Å². The highest BCUT2D eigenvalue weighted by Crippen LogP contribution is 2.25. The zero-order chi connectivity index (χ0) is 13.3. The molecule has 1 aliphatic carbocycles. The first-order chi connectivity index (χ1) is 9.15.